The van der Waals surface area contributed by atoms with Crippen molar-refractivity contribution in [1.82, 2.24) is 0 Å². The maximum absolute atomic E-state index is 12.3. The van der Waals surface area contributed by atoms with E-state index in [4.69, 9.17) is 9.47 Å². The van der Waals surface area contributed by atoms with Crippen LogP contribution in [-0.2, 0) is 14.2 Å². The summed E-state index contributed by atoms with van der Waals surface area (Å²) < 4.78 is 51.9. The smallest absolute Gasteiger partial charge is 0.359 e. The summed E-state index contributed by atoms with van der Waals surface area (Å²) in [6, 6.07) is 0. The monoisotopic (exact) mass is 256 g/mol. The van der Waals surface area contributed by atoms with Crippen LogP contribution in [0.5, 0.6) is 0 Å². The molecule has 0 rings (SSSR count). The number of halogens is 3. The third kappa shape index (κ3) is 7.36. The van der Waals surface area contributed by atoms with Crippen molar-refractivity contribution >= 4 is 0 Å². The number of ether oxygens (including phenoxy) is 3. The van der Waals surface area contributed by atoms with Crippen molar-refractivity contribution in [2.75, 3.05) is 13.7 Å². The van der Waals surface area contributed by atoms with E-state index < -0.39 is 24.2 Å². The third-order valence-electron chi connectivity index (χ3n) is 1.70. The van der Waals surface area contributed by atoms with E-state index in [9.17, 15) is 13.2 Å². The minimum Gasteiger partial charge on any atom is -0.359 e. The lowest BCUT2D eigenvalue weighted by Gasteiger charge is -2.27. The Morgan fingerprint density at radius 1 is 1.24 bits per heavy atom. The molecule has 17 heavy (non-hydrogen) atoms. The zero-order valence-corrected chi connectivity index (χ0v) is 10.5. The van der Waals surface area contributed by atoms with E-state index in [1.807, 2.05) is 0 Å². The van der Waals surface area contributed by atoms with Crippen molar-refractivity contribution in [3.05, 3.63) is 12.7 Å². The minimum atomic E-state index is -4.47. The Bertz CT molecular complexity index is 233. The van der Waals surface area contributed by atoms with Gasteiger partial charge in [-0.25, -0.2) is 0 Å². The molecule has 0 fully saturated rings. The Kier molecular flexibility index (Phi) is 6.15. The summed E-state index contributed by atoms with van der Waals surface area (Å²) in [4.78, 5) is 0. The normalized spacial score (nSPS) is 16.6. The fourth-order valence-electron chi connectivity index (χ4n) is 1.02. The van der Waals surface area contributed by atoms with Gasteiger partial charge in [0.15, 0.2) is 12.4 Å². The fraction of sp³-hybridized carbons (Fsp3) is 0.818. The first-order valence-electron chi connectivity index (χ1n) is 5.11. The molecule has 0 aliphatic carbocycles. The van der Waals surface area contributed by atoms with Gasteiger partial charge < -0.3 is 14.2 Å². The molecule has 102 valence electrons. The minimum absolute atomic E-state index is 0.316. The largest absolute Gasteiger partial charge is 0.418 e. The zero-order valence-electron chi connectivity index (χ0n) is 10.5. The van der Waals surface area contributed by atoms with E-state index in [1.165, 1.54) is 7.11 Å². The fourth-order valence-corrected chi connectivity index (χ4v) is 1.02. The zero-order chi connectivity index (χ0) is 13.7. The summed E-state index contributed by atoms with van der Waals surface area (Å²) >= 11 is 0. The van der Waals surface area contributed by atoms with Crippen LogP contribution >= 0.6 is 0 Å². The molecule has 0 heterocycles. The molecule has 0 aromatic heterocycles. The van der Waals surface area contributed by atoms with Gasteiger partial charge in [-0.15, -0.1) is 6.58 Å². The molecule has 6 heteroatoms. The van der Waals surface area contributed by atoms with Gasteiger partial charge in [0.1, 0.15) is 0 Å². The molecule has 0 saturated carbocycles. The van der Waals surface area contributed by atoms with Crippen molar-refractivity contribution < 1.29 is 27.4 Å². The Hall–Kier alpha value is -0.590. The number of methoxy groups -OCH3 is 1. The van der Waals surface area contributed by atoms with E-state index in [-0.39, 0.29) is 6.61 Å². The topological polar surface area (TPSA) is 27.7 Å². The quantitative estimate of drug-likeness (QED) is 0.540. The standard InChI is InChI=1S/C11H19F3O3/c1-6-8(11(12,13)14)16-7-9(15-5)17-10(2,3)4/h6,8-9H,1,7H2,2-5H3/t8-,9?/m0/s1. The lowest BCUT2D eigenvalue weighted by molar-refractivity contribution is -0.245. The first-order chi connectivity index (χ1) is 7.60. The molecule has 0 aliphatic rings. The predicted molar refractivity (Wildman–Crippen MR) is 57.6 cm³/mol. The maximum Gasteiger partial charge on any atom is 0.418 e. The molecule has 2 atom stereocenters. The van der Waals surface area contributed by atoms with Gasteiger partial charge in [-0.1, -0.05) is 6.08 Å². The molecule has 0 aromatic rings. The van der Waals surface area contributed by atoms with Crippen LogP contribution in [0, 0.1) is 0 Å². The Labute approximate surface area is 99.5 Å². The second kappa shape index (κ2) is 6.37. The van der Waals surface area contributed by atoms with Gasteiger partial charge in [0.05, 0.1) is 12.2 Å². The van der Waals surface area contributed by atoms with Crippen molar-refractivity contribution in [3.63, 3.8) is 0 Å². The summed E-state index contributed by atoms with van der Waals surface area (Å²) in [5.74, 6) is 0. The van der Waals surface area contributed by atoms with Gasteiger partial charge >= 0.3 is 6.18 Å². The first-order valence-corrected chi connectivity index (χ1v) is 5.11. The third-order valence-corrected chi connectivity index (χ3v) is 1.70. The van der Waals surface area contributed by atoms with Crippen LogP contribution in [0.1, 0.15) is 20.8 Å². The van der Waals surface area contributed by atoms with E-state index in [0.29, 0.717) is 6.08 Å². The van der Waals surface area contributed by atoms with Gasteiger partial charge in [-0.2, -0.15) is 13.2 Å². The summed E-state index contributed by atoms with van der Waals surface area (Å²) in [7, 11) is 1.34. The summed E-state index contributed by atoms with van der Waals surface area (Å²) in [6.45, 7) is 8.08. The van der Waals surface area contributed by atoms with Crippen LogP contribution in [0.4, 0.5) is 13.2 Å². The number of hydrogen-bond acceptors (Lipinski definition) is 3. The van der Waals surface area contributed by atoms with Crippen molar-refractivity contribution in [1.29, 1.82) is 0 Å². The van der Waals surface area contributed by atoms with Crippen LogP contribution in [0.3, 0.4) is 0 Å². The molecule has 0 bridgehead atoms. The summed E-state index contributed by atoms with van der Waals surface area (Å²) in [5.41, 5.74) is -0.522. The number of rotatable bonds is 6. The van der Waals surface area contributed by atoms with E-state index in [0.717, 1.165) is 0 Å². The Morgan fingerprint density at radius 2 is 1.76 bits per heavy atom. The second-order valence-electron chi connectivity index (χ2n) is 4.43. The van der Waals surface area contributed by atoms with E-state index in [2.05, 4.69) is 11.3 Å². The van der Waals surface area contributed by atoms with Gasteiger partial charge in [0.25, 0.3) is 0 Å². The second-order valence-corrected chi connectivity index (χ2v) is 4.43. The van der Waals surface area contributed by atoms with Crippen molar-refractivity contribution in [2.45, 2.75) is 44.9 Å². The van der Waals surface area contributed by atoms with Gasteiger partial charge in [-0.05, 0) is 20.8 Å². The molecule has 0 spiro atoms. The van der Waals surface area contributed by atoms with Gasteiger partial charge in [0.2, 0.25) is 0 Å². The highest BCUT2D eigenvalue weighted by Gasteiger charge is 2.39. The van der Waals surface area contributed by atoms with Crippen molar-refractivity contribution in [3.8, 4) is 0 Å². The highest BCUT2D eigenvalue weighted by atomic mass is 19.4. The SMILES string of the molecule is C=C[C@H](OCC(OC)OC(C)(C)C)C(F)(F)F. The molecule has 0 amide bonds. The highest BCUT2D eigenvalue weighted by Crippen LogP contribution is 2.24. The highest BCUT2D eigenvalue weighted by molar-refractivity contribution is 4.86. The van der Waals surface area contributed by atoms with Crippen LogP contribution in [-0.4, -0.2) is 37.9 Å². The lowest BCUT2D eigenvalue weighted by Crippen LogP contribution is -2.36. The Morgan fingerprint density at radius 3 is 2.06 bits per heavy atom. The average Bonchev–Trinajstić information content (AvgIpc) is 2.12. The molecular weight excluding hydrogens is 237 g/mol. The molecule has 0 aromatic carbocycles. The maximum atomic E-state index is 12.3. The number of hydrogen-bond donors (Lipinski definition) is 0. The van der Waals surface area contributed by atoms with E-state index >= 15 is 0 Å². The summed E-state index contributed by atoms with van der Waals surface area (Å²) in [5, 5.41) is 0. The van der Waals surface area contributed by atoms with E-state index in [1.54, 1.807) is 20.8 Å². The van der Waals surface area contributed by atoms with Crippen LogP contribution < -0.4 is 0 Å². The molecule has 0 N–H and O–H groups in total. The first kappa shape index (κ1) is 16.4. The number of alkyl halides is 3. The lowest BCUT2D eigenvalue weighted by atomic mass is 10.2. The molecule has 0 saturated heterocycles. The van der Waals surface area contributed by atoms with Crippen molar-refractivity contribution in [2.24, 2.45) is 0 Å². The molecule has 0 radical (unpaired) electrons. The van der Waals surface area contributed by atoms with Crippen LogP contribution in [0.2, 0.25) is 0 Å². The average molecular weight is 256 g/mol. The molecule has 1 unspecified atom stereocenters. The molecular formula is C11H19F3O3. The van der Waals surface area contributed by atoms with Crippen LogP contribution in [0.15, 0.2) is 12.7 Å². The summed E-state index contributed by atoms with van der Waals surface area (Å²) in [6.07, 6.45) is -6.63. The predicted octanol–water partition coefficient (Wildman–Crippen LogP) is 2.91. The molecule has 3 nitrogen and oxygen atoms in total. The molecule has 0 aliphatic heterocycles. The Balaban J connectivity index is 4.27. The van der Waals surface area contributed by atoms with Crippen LogP contribution in [0.25, 0.3) is 0 Å². The van der Waals surface area contributed by atoms with Gasteiger partial charge in [-0.3, -0.25) is 0 Å². The van der Waals surface area contributed by atoms with Gasteiger partial charge in [0, 0.05) is 7.11 Å².